The highest BCUT2D eigenvalue weighted by atomic mass is 19.4. The summed E-state index contributed by atoms with van der Waals surface area (Å²) in [6.45, 7) is -1.95. The van der Waals surface area contributed by atoms with E-state index in [-0.39, 0.29) is 6.42 Å². The van der Waals surface area contributed by atoms with E-state index in [1.54, 1.807) is 0 Å². The summed E-state index contributed by atoms with van der Waals surface area (Å²) in [6.07, 6.45) is 0.571. The van der Waals surface area contributed by atoms with E-state index in [1.165, 1.54) is 13.8 Å². The van der Waals surface area contributed by atoms with Gasteiger partial charge < -0.3 is 18.7 Å². The number of nitrogens with two attached hydrogens (primary N) is 1. The van der Waals surface area contributed by atoms with Crippen LogP contribution < -0.4 is 5.73 Å². The minimum absolute atomic E-state index is 0.132. The van der Waals surface area contributed by atoms with Gasteiger partial charge in [-0.2, -0.15) is 0 Å². The molecule has 0 amide bonds. The average Bonchev–Trinajstić information content (AvgIpc) is 1.81. The molecular formula is C6H14BF3N-. The lowest BCUT2D eigenvalue weighted by Gasteiger charge is -2.34. The highest BCUT2D eigenvalue weighted by Crippen LogP contribution is 2.43. The molecule has 0 saturated heterocycles. The van der Waals surface area contributed by atoms with Crippen molar-refractivity contribution >= 4 is 6.98 Å². The predicted molar refractivity (Wildman–Crippen MR) is 41.4 cm³/mol. The molecule has 0 aliphatic rings. The van der Waals surface area contributed by atoms with Gasteiger partial charge in [-0.1, -0.05) is 25.6 Å². The van der Waals surface area contributed by atoms with Crippen LogP contribution in [0.5, 0.6) is 0 Å². The van der Waals surface area contributed by atoms with Gasteiger partial charge in [0.2, 0.25) is 0 Å². The summed E-state index contributed by atoms with van der Waals surface area (Å²) in [5, 5.41) is -1.53. The highest BCUT2D eigenvalue weighted by Gasteiger charge is 2.41. The first-order chi connectivity index (χ1) is 4.81. The number of halogens is 3. The zero-order valence-corrected chi connectivity index (χ0v) is 6.91. The van der Waals surface area contributed by atoms with E-state index >= 15 is 0 Å². The van der Waals surface area contributed by atoms with Crippen molar-refractivity contribution in [2.45, 2.75) is 32.0 Å². The third kappa shape index (κ3) is 3.14. The lowest BCUT2D eigenvalue weighted by Crippen LogP contribution is -2.32. The van der Waals surface area contributed by atoms with Gasteiger partial charge in [0.15, 0.2) is 0 Å². The van der Waals surface area contributed by atoms with Gasteiger partial charge in [0.05, 0.1) is 0 Å². The molecule has 1 nitrogen and oxygen atoms in total. The van der Waals surface area contributed by atoms with Crippen LogP contribution in [-0.4, -0.2) is 13.5 Å². The monoisotopic (exact) mass is 168 g/mol. The van der Waals surface area contributed by atoms with Crippen molar-refractivity contribution in [2.24, 2.45) is 5.73 Å². The lowest BCUT2D eigenvalue weighted by molar-refractivity contribution is 0.365. The highest BCUT2D eigenvalue weighted by molar-refractivity contribution is 6.62. The van der Waals surface area contributed by atoms with E-state index < -0.39 is 12.3 Å². The van der Waals surface area contributed by atoms with E-state index in [1.807, 2.05) is 0 Å². The largest absolute Gasteiger partial charge is 0.483 e. The van der Waals surface area contributed by atoms with Gasteiger partial charge in [-0.05, 0) is 13.0 Å². The third-order valence-corrected chi connectivity index (χ3v) is 1.91. The van der Waals surface area contributed by atoms with E-state index in [0.29, 0.717) is 13.0 Å². The standard InChI is InChI=1S/C6H14BF3N/c1-6(2,4-3-5-11)7(8,9)10/h3-5,11H2,1-2H3/q-1. The van der Waals surface area contributed by atoms with Crippen molar-refractivity contribution in [2.75, 3.05) is 6.54 Å². The maximum absolute atomic E-state index is 12.2. The zero-order valence-electron chi connectivity index (χ0n) is 6.91. The third-order valence-electron chi connectivity index (χ3n) is 1.91. The molecule has 0 unspecified atom stereocenters. The van der Waals surface area contributed by atoms with Gasteiger partial charge in [-0.25, -0.2) is 0 Å². The molecule has 2 N–H and O–H groups in total. The summed E-state index contributed by atoms with van der Waals surface area (Å²) >= 11 is 0. The van der Waals surface area contributed by atoms with Crippen LogP contribution in [0.1, 0.15) is 26.7 Å². The van der Waals surface area contributed by atoms with Crippen molar-refractivity contribution in [1.82, 2.24) is 0 Å². The van der Waals surface area contributed by atoms with E-state index in [0.717, 1.165) is 0 Å². The van der Waals surface area contributed by atoms with Crippen LogP contribution in [0.4, 0.5) is 12.9 Å². The van der Waals surface area contributed by atoms with Crippen LogP contribution in [-0.2, 0) is 0 Å². The van der Waals surface area contributed by atoms with Crippen LogP contribution in [0.15, 0.2) is 0 Å². The average molecular weight is 168 g/mol. The minimum Gasteiger partial charge on any atom is -0.449 e. The molecule has 0 aromatic rings. The van der Waals surface area contributed by atoms with Gasteiger partial charge in [0.1, 0.15) is 0 Å². The smallest absolute Gasteiger partial charge is 0.449 e. The van der Waals surface area contributed by atoms with Crippen LogP contribution in [0.2, 0.25) is 5.31 Å². The summed E-state index contributed by atoms with van der Waals surface area (Å²) in [5.41, 5.74) is 5.12. The molecular weight excluding hydrogens is 154 g/mol. The Morgan fingerprint density at radius 2 is 1.73 bits per heavy atom. The summed E-state index contributed by atoms with van der Waals surface area (Å²) in [7, 11) is 0. The Hall–Kier alpha value is -0.185. The fourth-order valence-corrected chi connectivity index (χ4v) is 0.721. The molecule has 0 aromatic heterocycles. The topological polar surface area (TPSA) is 26.0 Å². The van der Waals surface area contributed by atoms with Crippen molar-refractivity contribution < 1.29 is 12.9 Å². The van der Waals surface area contributed by atoms with Gasteiger partial charge in [-0.3, -0.25) is 0 Å². The van der Waals surface area contributed by atoms with Crippen molar-refractivity contribution in [3.63, 3.8) is 0 Å². The summed E-state index contributed by atoms with van der Waals surface area (Å²) in [4.78, 5) is 0. The Labute approximate surface area is 65.2 Å². The first kappa shape index (κ1) is 10.8. The Kier molecular flexibility index (Phi) is 3.42. The first-order valence-electron chi connectivity index (χ1n) is 3.71. The fraction of sp³-hybridized carbons (Fsp3) is 1.00. The summed E-state index contributed by atoms with van der Waals surface area (Å²) < 4.78 is 36.5. The molecule has 0 radical (unpaired) electrons. The van der Waals surface area contributed by atoms with Crippen molar-refractivity contribution in [3.05, 3.63) is 0 Å². The molecule has 68 valence electrons. The Morgan fingerprint density at radius 1 is 1.27 bits per heavy atom. The van der Waals surface area contributed by atoms with Crippen LogP contribution in [0.25, 0.3) is 0 Å². The zero-order chi connectivity index (χ0) is 9.12. The molecule has 0 rings (SSSR count). The van der Waals surface area contributed by atoms with E-state index in [4.69, 9.17) is 5.73 Å². The SMILES string of the molecule is CC(C)(CCCN)[B-](F)(F)F. The van der Waals surface area contributed by atoms with Crippen LogP contribution >= 0.6 is 0 Å². The molecule has 0 heterocycles. The molecule has 0 spiro atoms. The second kappa shape index (κ2) is 3.47. The molecule has 5 heteroatoms. The summed E-state index contributed by atoms with van der Waals surface area (Å²) in [5.74, 6) is 0. The molecule has 0 aliphatic heterocycles. The second-order valence-corrected chi connectivity index (χ2v) is 3.46. The Balaban J connectivity index is 4.00. The molecule has 0 saturated carbocycles. The number of hydrogen-bond acceptors (Lipinski definition) is 1. The van der Waals surface area contributed by atoms with Gasteiger partial charge >= 0.3 is 6.98 Å². The maximum Gasteiger partial charge on any atom is 0.483 e. The van der Waals surface area contributed by atoms with E-state index in [9.17, 15) is 12.9 Å². The molecule has 0 aromatic carbocycles. The van der Waals surface area contributed by atoms with Gasteiger partial charge in [0.25, 0.3) is 0 Å². The second-order valence-electron chi connectivity index (χ2n) is 3.46. The minimum atomic E-state index is -4.72. The Morgan fingerprint density at radius 3 is 2.00 bits per heavy atom. The summed E-state index contributed by atoms with van der Waals surface area (Å²) in [6, 6.07) is 0. The van der Waals surface area contributed by atoms with E-state index in [2.05, 4.69) is 0 Å². The van der Waals surface area contributed by atoms with Crippen molar-refractivity contribution in [3.8, 4) is 0 Å². The first-order valence-corrected chi connectivity index (χ1v) is 3.71. The van der Waals surface area contributed by atoms with Gasteiger partial charge in [-0.15, -0.1) is 0 Å². The number of hydrogen-bond donors (Lipinski definition) is 1. The number of rotatable bonds is 4. The van der Waals surface area contributed by atoms with Gasteiger partial charge in [0, 0.05) is 0 Å². The molecule has 0 atom stereocenters. The quantitative estimate of drug-likeness (QED) is 0.640. The molecule has 0 bridgehead atoms. The normalized spacial score (nSPS) is 13.6. The Bertz CT molecular complexity index is 121. The fourth-order valence-electron chi connectivity index (χ4n) is 0.721. The molecule has 0 fully saturated rings. The molecule has 11 heavy (non-hydrogen) atoms. The van der Waals surface area contributed by atoms with Crippen molar-refractivity contribution in [1.29, 1.82) is 0 Å². The lowest BCUT2D eigenvalue weighted by atomic mass is 9.58. The predicted octanol–water partition coefficient (Wildman–Crippen LogP) is 2.35. The van der Waals surface area contributed by atoms with Crippen LogP contribution in [0.3, 0.4) is 0 Å². The molecule has 0 aliphatic carbocycles. The maximum atomic E-state index is 12.2. The van der Waals surface area contributed by atoms with Crippen LogP contribution in [0, 0.1) is 0 Å².